The van der Waals surface area contributed by atoms with Crippen LogP contribution < -0.4 is 11.1 Å². The number of nitrogen functional groups attached to an aromatic ring is 1. The lowest BCUT2D eigenvalue weighted by Crippen LogP contribution is -2.43. The highest BCUT2D eigenvalue weighted by atomic mass is 35.5. The van der Waals surface area contributed by atoms with E-state index in [1.165, 1.54) is 0 Å². The molecule has 0 heterocycles. The Kier molecular flexibility index (Phi) is 6.78. The lowest BCUT2D eigenvalue weighted by Gasteiger charge is -2.27. The maximum atomic E-state index is 12.2. The number of hydrogen-bond acceptors (Lipinski definition) is 4. The van der Waals surface area contributed by atoms with Gasteiger partial charge in [0, 0.05) is 12.2 Å². The maximum Gasteiger partial charge on any atom is 0.241 e. The minimum absolute atomic E-state index is 0.0332. The fraction of sp³-hybridized carbons (Fsp3) is 0.500. The Hall–Kier alpha value is -1.30. The summed E-state index contributed by atoms with van der Waals surface area (Å²) < 4.78 is 0. The molecule has 0 radical (unpaired) electrons. The van der Waals surface area contributed by atoms with Crippen molar-refractivity contribution in [1.29, 1.82) is 0 Å². The average molecular weight is 300 g/mol. The van der Waals surface area contributed by atoms with Crippen LogP contribution >= 0.6 is 11.6 Å². The number of carbonyl (C=O) groups is 1. The summed E-state index contributed by atoms with van der Waals surface area (Å²) in [6, 6.07) is 4.66. The van der Waals surface area contributed by atoms with Gasteiger partial charge in [-0.3, -0.25) is 9.69 Å². The molecule has 4 N–H and O–H groups in total. The third kappa shape index (κ3) is 4.67. The first-order chi connectivity index (χ1) is 9.49. The summed E-state index contributed by atoms with van der Waals surface area (Å²) in [5, 5.41) is 12.3. The molecule has 0 aliphatic carbocycles. The van der Waals surface area contributed by atoms with Gasteiger partial charge in [-0.15, -0.1) is 0 Å². The molecule has 0 aliphatic heterocycles. The van der Waals surface area contributed by atoms with E-state index in [4.69, 9.17) is 22.4 Å². The van der Waals surface area contributed by atoms with Crippen molar-refractivity contribution in [2.75, 3.05) is 30.7 Å². The van der Waals surface area contributed by atoms with Gasteiger partial charge in [0.05, 0.1) is 23.4 Å². The summed E-state index contributed by atoms with van der Waals surface area (Å²) in [7, 11) is 0. The summed E-state index contributed by atoms with van der Waals surface area (Å²) in [5.41, 5.74) is 6.74. The largest absolute Gasteiger partial charge is 0.397 e. The zero-order chi connectivity index (χ0) is 15.1. The SMILES string of the molecule is CCCN(CCO)C(C)C(=O)Nc1ccc(Cl)c(N)c1. The average Bonchev–Trinajstić information content (AvgIpc) is 2.42. The van der Waals surface area contributed by atoms with Crippen LogP contribution in [0.2, 0.25) is 5.02 Å². The van der Waals surface area contributed by atoms with E-state index >= 15 is 0 Å². The molecule has 1 rings (SSSR count). The number of nitrogens with two attached hydrogens (primary N) is 1. The van der Waals surface area contributed by atoms with Crippen LogP contribution in [0.15, 0.2) is 18.2 Å². The van der Waals surface area contributed by atoms with Crippen molar-refractivity contribution in [1.82, 2.24) is 4.90 Å². The van der Waals surface area contributed by atoms with Crippen molar-refractivity contribution in [2.45, 2.75) is 26.3 Å². The van der Waals surface area contributed by atoms with Crippen LogP contribution in [0.5, 0.6) is 0 Å². The molecule has 0 bridgehead atoms. The monoisotopic (exact) mass is 299 g/mol. The minimum atomic E-state index is -0.320. The molecule has 0 aliphatic rings. The lowest BCUT2D eigenvalue weighted by atomic mass is 10.2. The highest BCUT2D eigenvalue weighted by Crippen LogP contribution is 2.22. The second-order valence-corrected chi connectivity index (χ2v) is 5.07. The molecular formula is C14H22ClN3O2. The molecule has 1 aromatic rings. The van der Waals surface area contributed by atoms with E-state index in [-0.39, 0.29) is 18.6 Å². The number of aliphatic hydroxyl groups excluding tert-OH is 1. The third-order valence-electron chi connectivity index (χ3n) is 3.09. The molecule has 1 amide bonds. The van der Waals surface area contributed by atoms with Gasteiger partial charge in [-0.1, -0.05) is 18.5 Å². The molecule has 112 valence electrons. The van der Waals surface area contributed by atoms with Gasteiger partial charge in [0.1, 0.15) is 0 Å². The number of rotatable bonds is 7. The molecule has 0 aromatic heterocycles. The smallest absolute Gasteiger partial charge is 0.241 e. The van der Waals surface area contributed by atoms with E-state index in [9.17, 15) is 4.79 Å². The summed E-state index contributed by atoms with van der Waals surface area (Å²) in [4.78, 5) is 14.1. The van der Waals surface area contributed by atoms with Gasteiger partial charge in [0.15, 0.2) is 0 Å². The maximum absolute atomic E-state index is 12.2. The summed E-state index contributed by atoms with van der Waals surface area (Å²) in [6.07, 6.45) is 0.922. The van der Waals surface area contributed by atoms with Crippen LogP contribution in [-0.4, -0.2) is 41.7 Å². The Morgan fingerprint density at radius 3 is 2.75 bits per heavy atom. The zero-order valence-electron chi connectivity index (χ0n) is 11.9. The van der Waals surface area contributed by atoms with Crippen LogP contribution in [0.1, 0.15) is 20.3 Å². The van der Waals surface area contributed by atoms with E-state index < -0.39 is 0 Å². The van der Waals surface area contributed by atoms with Gasteiger partial charge in [0.2, 0.25) is 5.91 Å². The molecule has 0 saturated carbocycles. The Morgan fingerprint density at radius 2 is 2.20 bits per heavy atom. The van der Waals surface area contributed by atoms with E-state index in [1.54, 1.807) is 18.2 Å². The summed E-state index contributed by atoms with van der Waals surface area (Å²) in [6.45, 7) is 5.13. The molecule has 0 spiro atoms. The molecule has 6 heteroatoms. The number of halogens is 1. The molecule has 20 heavy (non-hydrogen) atoms. The number of hydrogen-bond donors (Lipinski definition) is 3. The first kappa shape index (κ1) is 16.8. The summed E-state index contributed by atoms with van der Waals surface area (Å²) in [5.74, 6) is -0.131. The first-order valence-electron chi connectivity index (χ1n) is 6.70. The number of aliphatic hydroxyl groups is 1. The van der Waals surface area contributed by atoms with Crippen LogP contribution in [0.25, 0.3) is 0 Å². The first-order valence-corrected chi connectivity index (χ1v) is 7.08. The fourth-order valence-corrected chi connectivity index (χ4v) is 2.07. The number of carbonyl (C=O) groups excluding carboxylic acids is 1. The number of amides is 1. The van der Waals surface area contributed by atoms with Crippen molar-refractivity contribution < 1.29 is 9.90 Å². The van der Waals surface area contributed by atoms with Gasteiger partial charge in [-0.05, 0) is 38.1 Å². The van der Waals surface area contributed by atoms with E-state index in [0.717, 1.165) is 13.0 Å². The van der Waals surface area contributed by atoms with Gasteiger partial charge in [-0.2, -0.15) is 0 Å². The quantitative estimate of drug-likeness (QED) is 0.673. The van der Waals surface area contributed by atoms with Crippen molar-refractivity contribution in [2.24, 2.45) is 0 Å². The highest BCUT2D eigenvalue weighted by molar-refractivity contribution is 6.33. The molecular weight excluding hydrogens is 278 g/mol. The highest BCUT2D eigenvalue weighted by Gasteiger charge is 2.20. The number of benzene rings is 1. The molecule has 1 unspecified atom stereocenters. The Bertz CT molecular complexity index is 448. The van der Waals surface area contributed by atoms with Crippen molar-refractivity contribution >= 4 is 28.9 Å². The van der Waals surface area contributed by atoms with E-state index in [0.29, 0.717) is 22.9 Å². The van der Waals surface area contributed by atoms with E-state index in [1.807, 2.05) is 18.7 Å². The zero-order valence-corrected chi connectivity index (χ0v) is 12.7. The van der Waals surface area contributed by atoms with E-state index in [2.05, 4.69) is 5.32 Å². The number of anilines is 2. The van der Waals surface area contributed by atoms with Gasteiger partial charge in [0.25, 0.3) is 0 Å². The third-order valence-corrected chi connectivity index (χ3v) is 3.43. The Morgan fingerprint density at radius 1 is 1.50 bits per heavy atom. The second-order valence-electron chi connectivity index (χ2n) is 4.66. The Labute approximate surface area is 124 Å². The second kappa shape index (κ2) is 8.09. The van der Waals surface area contributed by atoms with Gasteiger partial charge in [-0.25, -0.2) is 0 Å². The summed E-state index contributed by atoms with van der Waals surface area (Å²) >= 11 is 5.84. The van der Waals surface area contributed by atoms with Crippen molar-refractivity contribution in [3.63, 3.8) is 0 Å². The van der Waals surface area contributed by atoms with Crippen LogP contribution in [0.3, 0.4) is 0 Å². The minimum Gasteiger partial charge on any atom is -0.397 e. The van der Waals surface area contributed by atoms with Gasteiger partial charge >= 0.3 is 0 Å². The van der Waals surface area contributed by atoms with Crippen molar-refractivity contribution in [3.05, 3.63) is 23.2 Å². The Balaban J connectivity index is 2.70. The van der Waals surface area contributed by atoms with Crippen LogP contribution in [0, 0.1) is 0 Å². The molecule has 1 aromatic carbocycles. The fourth-order valence-electron chi connectivity index (χ4n) is 1.95. The molecule has 0 fully saturated rings. The normalized spacial score (nSPS) is 12.4. The predicted molar refractivity (Wildman–Crippen MR) is 82.9 cm³/mol. The number of nitrogens with zero attached hydrogens (tertiary/aromatic N) is 1. The standard InChI is InChI=1S/C14H22ClN3O2/c1-3-6-18(7-8-19)10(2)14(20)17-11-4-5-12(15)13(16)9-11/h4-5,9-10,19H,3,6-8,16H2,1-2H3,(H,17,20). The number of nitrogens with one attached hydrogen (secondary N) is 1. The van der Waals surface area contributed by atoms with Crippen molar-refractivity contribution in [3.8, 4) is 0 Å². The predicted octanol–water partition coefficient (Wildman–Crippen LogP) is 1.95. The topological polar surface area (TPSA) is 78.6 Å². The molecule has 1 atom stereocenters. The molecule has 5 nitrogen and oxygen atoms in total. The lowest BCUT2D eigenvalue weighted by molar-refractivity contribution is -0.120. The van der Waals surface area contributed by atoms with Crippen LogP contribution in [-0.2, 0) is 4.79 Å². The van der Waals surface area contributed by atoms with Crippen LogP contribution in [0.4, 0.5) is 11.4 Å². The molecule has 0 saturated heterocycles. The van der Waals surface area contributed by atoms with Gasteiger partial charge < -0.3 is 16.2 Å².